The molecule has 2 aromatic carbocycles. The molecular formula is C20H25NO2. The van der Waals surface area contributed by atoms with Crippen molar-refractivity contribution in [1.29, 1.82) is 0 Å². The van der Waals surface area contributed by atoms with Gasteiger partial charge in [-0.05, 0) is 42.0 Å². The van der Waals surface area contributed by atoms with Crippen molar-refractivity contribution in [3.63, 3.8) is 0 Å². The first-order valence-corrected chi connectivity index (χ1v) is 7.99. The van der Waals surface area contributed by atoms with Crippen molar-refractivity contribution >= 4 is 5.97 Å². The van der Waals surface area contributed by atoms with Gasteiger partial charge in [-0.2, -0.15) is 0 Å². The number of rotatable bonds is 7. The van der Waals surface area contributed by atoms with Gasteiger partial charge in [0.2, 0.25) is 0 Å². The van der Waals surface area contributed by atoms with Crippen LogP contribution in [-0.2, 0) is 12.0 Å². The number of benzene rings is 2. The van der Waals surface area contributed by atoms with Gasteiger partial charge in [-0.3, -0.25) is 0 Å². The van der Waals surface area contributed by atoms with E-state index in [0.29, 0.717) is 11.6 Å². The summed E-state index contributed by atoms with van der Waals surface area (Å²) in [6.45, 7) is 7.46. The van der Waals surface area contributed by atoms with Crippen molar-refractivity contribution in [3.05, 3.63) is 71.3 Å². The van der Waals surface area contributed by atoms with Crippen molar-refractivity contribution in [3.8, 4) is 0 Å². The lowest BCUT2D eigenvalue weighted by molar-refractivity contribution is 0.0697. The van der Waals surface area contributed by atoms with Gasteiger partial charge in [0.25, 0.3) is 0 Å². The standard InChI is InChI=1S/C20H25NO2/c1-15(13-20(2,3)18-7-5-4-6-8-18)21-14-16-9-11-17(12-10-16)19(22)23/h4-12,15,21H,13-14H2,1-3H3,(H,22,23). The second-order valence-corrected chi connectivity index (χ2v) is 6.74. The maximum absolute atomic E-state index is 10.9. The molecule has 0 aliphatic rings. The first-order chi connectivity index (χ1) is 10.9. The molecule has 0 amide bonds. The molecule has 0 aromatic heterocycles. The van der Waals surface area contributed by atoms with E-state index in [1.807, 2.05) is 18.2 Å². The molecule has 0 bridgehead atoms. The lowest BCUT2D eigenvalue weighted by atomic mass is 9.79. The average Bonchev–Trinajstić information content (AvgIpc) is 2.54. The number of carboxylic acids is 1. The molecule has 3 nitrogen and oxygen atoms in total. The van der Waals surface area contributed by atoms with E-state index in [9.17, 15) is 4.79 Å². The molecule has 1 atom stereocenters. The molecule has 0 saturated carbocycles. The van der Waals surface area contributed by atoms with Crippen molar-refractivity contribution in [2.75, 3.05) is 0 Å². The van der Waals surface area contributed by atoms with Gasteiger partial charge in [0.05, 0.1) is 5.56 Å². The number of nitrogens with one attached hydrogen (secondary N) is 1. The summed E-state index contributed by atoms with van der Waals surface area (Å²) < 4.78 is 0. The SMILES string of the molecule is CC(CC(C)(C)c1ccccc1)NCc1ccc(C(=O)O)cc1. The highest BCUT2D eigenvalue weighted by Crippen LogP contribution is 2.28. The normalized spacial score (nSPS) is 12.8. The predicted octanol–water partition coefficient (Wildman–Crippen LogP) is 4.23. The Morgan fingerprint density at radius 3 is 2.26 bits per heavy atom. The number of hydrogen-bond acceptors (Lipinski definition) is 2. The van der Waals surface area contributed by atoms with Crippen LogP contribution >= 0.6 is 0 Å². The number of hydrogen-bond donors (Lipinski definition) is 2. The first-order valence-electron chi connectivity index (χ1n) is 7.99. The molecular weight excluding hydrogens is 286 g/mol. The Bertz CT molecular complexity index is 632. The topological polar surface area (TPSA) is 49.3 Å². The first kappa shape index (κ1) is 17.2. The molecule has 0 aliphatic carbocycles. The zero-order valence-corrected chi connectivity index (χ0v) is 14.0. The Labute approximate surface area is 138 Å². The quantitative estimate of drug-likeness (QED) is 0.804. The monoisotopic (exact) mass is 311 g/mol. The molecule has 2 rings (SSSR count). The van der Waals surface area contributed by atoms with E-state index in [2.05, 4.69) is 50.4 Å². The van der Waals surface area contributed by atoms with Gasteiger partial charge in [0.1, 0.15) is 0 Å². The van der Waals surface area contributed by atoms with Gasteiger partial charge in [-0.25, -0.2) is 4.79 Å². The van der Waals surface area contributed by atoms with Crippen LogP contribution in [0.1, 0.15) is 48.7 Å². The highest BCUT2D eigenvalue weighted by molar-refractivity contribution is 5.87. The minimum absolute atomic E-state index is 0.112. The summed E-state index contributed by atoms with van der Waals surface area (Å²) in [5, 5.41) is 12.4. The number of carboxylic acid groups (broad SMARTS) is 1. The summed E-state index contributed by atoms with van der Waals surface area (Å²) in [4.78, 5) is 10.9. The van der Waals surface area contributed by atoms with Gasteiger partial charge < -0.3 is 10.4 Å². The van der Waals surface area contributed by atoms with Crippen LogP contribution < -0.4 is 5.32 Å². The summed E-state index contributed by atoms with van der Waals surface area (Å²) in [6.07, 6.45) is 1.03. The number of carbonyl (C=O) groups is 1. The van der Waals surface area contributed by atoms with Gasteiger partial charge in [-0.1, -0.05) is 56.3 Å². The molecule has 0 spiro atoms. The Morgan fingerprint density at radius 1 is 1.09 bits per heavy atom. The van der Waals surface area contributed by atoms with Gasteiger partial charge in [0, 0.05) is 12.6 Å². The second kappa shape index (κ2) is 7.42. The van der Waals surface area contributed by atoms with Crippen LogP contribution in [0.25, 0.3) is 0 Å². The minimum atomic E-state index is -0.887. The van der Waals surface area contributed by atoms with E-state index in [1.165, 1.54) is 5.56 Å². The smallest absolute Gasteiger partial charge is 0.335 e. The largest absolute Gasteiger partial charge is 0.478 e. The van der Waals surface area contributed by atoms with Crippen LogP contribution in [-0.4, -0.2) is 17.1 Å². The fraction of sp³-hybridized carbons (Fsp3) is 0.350. The van der Waals surface area contributed by atoms with Crippen LogP contribution in [0.4, 0.5) is 0 Å². The average molecular weight is 311 g/mol. The van der Waals surface area contributed by atoms with Crippen LogP contribution in [0.3, 0.4) is 0 Å². The summed E-state index contributed by atoms with van der Waals surface area (Å²) in [5.41, 5.74) is 2.88. The molecule has 2 aromatic rings. The minimum Gasteiger partial charge on any atom is -0.478 e. The van der Waals surface area contributed by atoms with Gasteiger partial charge in [0.15, 0.2) is 0 Å². The van der Waals surface area contributed by atoms with Crippen LogP contribution in [0.5, 0.6) is 0 Å². The lowest BCUT2D eigenvalue weighted by Crippen LogP contribution is -2.32. The van der Waals surface area contributed by atoms with E-state index in [0.717, 1.165) is 18.5 Å². The molecule has 122 valence electrons. The van der Waals surface area contributed by atoms with Crippen molar-refractivity contribution < 1.29 is 9.90 Å². The fourth-order valence-corrected chi connectivity index (χ4v) is 2.90. The summed E-state index contributed by atoms with van der Waals surface area (Å²) >= 11 is 0. The van der Waals surface area contributed by atoms with Gasteiger partial charge >= 0.3 is 5.97 Å². The molecule has 0 radical (unpaired) electrons. The Hall–Kier alpha value is -2.13. The molecule has 0 fully saturated rings. The molecule has 23 heavy (non-hydrogen) atoms. The zero-order chi connectivity index (χ0) is 16.9. The van der Waals surface area contributed by atoms with E-state index >= 15 is 0 Å². The molecule has 0 aliphatic heterocycles. The van der Waals surface area contributed by atoms with Crippen molar-refractivity contribution in [2.45, 2.75) is 45.2 Å². The fourth-order valence-electron chi connectivity index (χ4n) is 2.90. The third-order valence-corrected chi connectivity index (χ3v) is 4.23. The molecule has 0 saturated heterocycles. The molecule has 2 N–H and O–H groups in total. The second-order valence-electron chi connectivity index (χ2n) is 6.74. The van der Waals surface area contributed by atoms with Crippen LogP contribution in [0.2, 0.25) is 0 Å². The van der Waals surface area contributed by atoms with Crippen LogP contribution in [0.15, 0.2) is 54.6 Å². The Morgan fingerprint density at radius 2 is 1.70 bits per heavy atom. The maximum atomic E-state index is 10.9. The van der Waals surface area contributed by atoms with Crippen LogP contribution in [0, 0.1) is 0 Å². The third kappa shape index (κ3) is 4.93. The van der Waals surface area contributed by atoms with Crippen molar-refractivity contribution in [2.24, 2.45) is 0 Å². The summed E-state index contributed by atoms with van der Waals surface area (Å²) in [7, 11) is 0. The maximum Gasteiger partial charge on any atom is 0.335 e. The Kier molecular flexibility index (Phi) is 5.56. The lowest BCUT2D eigenvalue weighted by Gasteiger charge is -2.29. The zero-order valence-electron chi connectivity index (χ0n) is 14.0. The summed E-state index contributed by atoms with van der Waals surface area (Å²) in [5.74, 6) is -0.887. The molecule has 1 unspecified atom stereocenters. The van der Waals surface area contributed by atoms with E-state index in [-0.39, 0.29) is 5.41 Å². The summed E-state index contributed by atoms with van der Waals surface area (Å²) in [6, 6.07) is 18.0. The Balaban J connectivity index is 1.89. The highest BCUT2D eigenvalue weighted by Gasteiger charge is 2.22. The molecule has 0 heterocycles. The third-order valence-electron chi connectivity index (χ3n) is 4.23. The van der Waals surface area contributed by atoms with E-state index in [4.69, 9.17) is 5.11 Å². The van der Waals surface area contributed by atoms with Crippen molar-refractivity contribution in [1.82, 2.24) is 5.32 Å². The highest BCUT2D eigenvalue weighted by atomic mass is 16.4. The molecule has 3 heteroatoms. The van der Waals surface area contributed by atoms with E-state index < -0.39 is 5.97 Å². The van der Waals surface area contributed by atoms with E-state index in [1.54, 1.807) is 12.1 Å². The predicted molar refractivity (Wildman–Crippen MR) is 93.8 cm³/mol. The number of aromatic carboxylic acids is 1. The van der Waals surface area contributed by atoms with Gasteiger partial charge in [-0.15, -0.1) is 0 Å².